The number of rotatable bonds is 17. The summed E-state index contributed by atoms with van der Waals surface area (Å²) in [6.07, 6.45) is 1.78. The minimum absolute atomic E-state index is 0.000624. The average molecular weight is 828 g/mol. The fourth-order valence-corrected chi connectivity index (χ4v) is 8.69. The van der Waals surface area contributed by atoms with Gasteiger partial charge in [-0.3, -0.25) is 19.2 Å². The Kier molecular flexibility index (Phi) is 15.5. The van der Waals surface area contributed by atoms with Gasteiger partial charge < -0.3 is 37.1 Å². The van der Waals surface area contributed by atoms with E-state index in [0.29, 0.717) is 43.5 Å². The van der Waals surface area contributed by atoms with Crippen LogP contribution in [0.5, 0.6) is 0 Å². The standard InChI is InChI=1S/C24H30N4O6S.C19H19NO4/c25-14-4-9-22(29)26-18-12-10-17(11-13-18)16-20(24(31)32)27-23(30)21-8-5-15-28(21)35(33,34)19-6-2-1-3-7-19;20-17(19(22)23)9-10-18(21)24-11-16-14-7-3-1-5-12(14)13-6-2-4-8-15(13)16/h1-3,6-7,10-13,20-21H,4-5,8-9,14-16,25H2,(H,26,29)(H,27,30)(H,31,32);1-8,16-17H,9-11,20H2,(H,22,23)/t20-,21-;/m0./s1. The average Bonchev–Trinajstić information content (AvgIpc) is 3.87. The summed E-state index contributed by atoms with van der Waals surface area (Å²) in [6, 6.07) is 27.4. The van der Waals surface area contributed by atoms with Crippen LogP contribution in [0.15, 0.2) is 108 Å². The number of hydrogen-bond donors (Lipinski definition) is 6. The van der Waals surface area contributed by atoms with Crippen molar-refractivity contribution in [2.24, 2.45) is 11.5 Å². The Bertz CT molecular complexity index is 2170. The van der Waals surface area contributed by atoms with E-state index in [1.54, 1.807) is 42.5 Å². The molecule has 2 amide bonds. The molecule has 1 unspecified atom stereocenters. The number of anilines is 1. The van der Waals surface area contributed by atoms with E-state index in [4.69, 9.17) is 21.3 Å². The first-order chi connectivity index (χ1) is 28.3. The van der Waals surface area contributed by atoms with E-state index in [2.05, 4.69) is 22.8 Å². The van der Waals surface area contributed by atoms with Gasteiger partial charge in [-0.15, -0.1) is 0 Å². The molecule has 1 aliphatic carbocycles. The highest BCUT2D eigenvalue weighted by Crippen LogP contribution is 2.44. The maximum absolute atomic E-state index is 13.0. The van der Waals surface area contributed by atoms with Crippen LogP contribution in [0.25, 0.3) is 11.1 Å². The molecule has 4 aromatic rings. The van der Waals surface area contributed by atoms with Crippen molar-refractivity contribution < 1.29 is 47.3 Å². The summed E-state index contributed by atoms with van der Waals surface area (Å²) in [5.74, 6) is -3.55. The first-order valence-corrected chi connectivity index (χ1v) is 20.7. The van der Waals surface area contributed by atoms with E-state index < -0.39 is 52.0 Å². The predicted octanol–water partition coefficient (Wildman–Crippen LogP) is 3.86. The van der Waals surface area contributed by atoms with Gasteiger partial charge in [0.25, 0.3) is 0 Å². The second-order valence-corrected chi connectivity index (χ2v) is 16.1. The highest BCUT2D eigenvalue weighted by Gasteiger charge is 2.40. The zero-order valence-corrected chi connectivity index (χ0v) is 33.2. The predicted molar refractivity (Wildman–Crippen MR) is 220 cm³/mol. The zero-order valence-electron chi connectivity index (χ0n) is 32.4. The lowest BCUT2D eigenvalue weighted by Crippen LogP contribution is -2.51. The van der Waals surface area contributed by atoms with Crippen LogP contribution in [0.2, 0.25) is 0 Å². The number of ether oxygens (including phenoxy) is 1. The summed E-state index contributed by atoms with van der Waals surface area (Å²) in [6.45, 7) is 0.853. The molecule has 0 bridgehead atoms. The number of carboxylic acid groups (broad SMARTS) is 2. The number of fused-ring (bicyclic) bond motifs is 3. The van der Waals surface area contributed by atoms with Crippen LogP contribution in [-0.2, 0) is 45.2 Å². The Morgan fingerprint density at radius 3 is 2.02 bits per heavy atom. The Balaban J connectivity index is 0.000000240. The van der Waals surface area contributed by atoms with E-state index in [1.807, 2.05) is 36.4 Å². The molecule has 15 nitrogen and oxygen atoms in total. The topological polar surface area (TPSA) is 249 Å². The van der Waals surface area contributed by atoms with Crippen molar-refractivity contribution in [3.05, 3.63) is 120 Å². The van der Waals surface area contributed by atoms with Crippen molar-refractivity contribution in [3.8, 4) is 11.1 Å². The molecule has 8 N–H and O–H groups in total. The first-order valence-electron chi connectivity index (χ1n) is 19.3. The number of carbonyl (C=O) groups excluding carboxylic acids is 3. The fraction of sp³-hybridized carbons (Fsp3) is 0.326. The molecule has 1 saturated heterocycles. The molecule has 312 valence electrons. The summed E-state index contributed by atoms with van der Waals surface area (Å²) < 4.78 is 32.6. The molecular weight excluding hydrogens is 779 g/mol. The van der Waals surface area contributed by atoms with Gasteiger partial charge in [0.2, 0.25) is 21.8 Å². The number of nitrogens with zero attached hydrogens (tertiary/aromatic N) is 1. The number of esters is 1. The minimum atomic E-state index is -3.88. The van der Waals surface area contributed by atoms with Gasteiger partial charge in [-0.25, -0.2) is 13.2 Å². The summed E-state index contributed by atoms with van der Waals surface area (Å²) >= 11 is 0. The van der Waals surface area contributed by atoms with Crippen LogP contribution in [0.4, 0.5) is 5.69 Å². The van der Waals surface area contributed by atoms with Gasteiger partial charge in [0.15, 0.2) is 0 Å². The van der Waals surface area contributed by atoms with Gasteiger partial charge in [-0.2, -0.15) is 4.31 Å². The van der Waals surface area contributed by atoms with Crippen LogP contribution in [0, 0.1) is 0 Å². The largest absolute Gasteiger partial charge is 0.480 e. The van der Waals surface area contributed by atoms with E-state index in [9.17, 15) is 37.5 Å². The van der Waals surface area contributed by atoms with Gasteiger partial charge in [0.05, 0.1) is 4.90 Å². The van der Waals surface area contributed by atoms with Crippen LogP contribution in [0.1, 0.15) is 61.1 Å². The maximum atomic E-state index is 13.0. The third-order valence-electron chi connectivity index (χ3n) is 10.1. The molecular formula is C43H49N5O10S. The number of nitrogens with two attached hydrogens (primary N) is 2. The van der Waals surface area contributed by atoms with E-state index in [1.165, 1.54) is 23.3 Å². The van der Waals surface area contributed by atoms with E-state index in [-0.39, 0.29) is 49.1 Å². The van der Waals surface area contributed by atoms with Gasteiger partial charge in [0.1, 0.15) is 24.7 Å². The lowest BCUT2D eigenvalue weighted by Gasteiger charge is -2.25. The molecule has 0 spiro atoms. The lowest BCUT2D eigenvalue weighted by atomic mass is 9.98. The van der Waals surface area contributed by atoms with Gasteiger partial charge in [0, 0.05) is 37.4 Å². The van der Waals surface area contributed by atoms with Crippen LogP contribution < -0.4 is 22.1 Å². The fourth-order valence-electron chi connectivity index (χ4n) is 7.02. The van der Waals surface area contributed by atoms with Crippen LogP contribution in [0.3, 0.4) is 0 Å². The highest BCUT2D eigenvalue weighted by atomic mass is 32.2. The normalized spacial score (nSPS) is 15.7. The minimum Gasteiger partial charge on any atom is -0.480 e. The third kappa shape index (κ3) is 11.6. The van der Waals surface area contributed by atoms with E-state index >= 15 is 0 Å². The smallest absolute Gasteiger partial charge is 0.326 e. The summed E-state index contributed by atoms with van der Waals surface area (Å²) in [4.78, 5) is 59.3. The Hall–Kier alpha value is -5.94. The second-order valence-electron chi connectivity index (χ2n) is 14.2. The van der Waals surface area contributed by atoms with Gasteiger partial charge in [-0.05, 0) is 84.3 Å². The van der Waals surface area contributed by atoms with Crippen molar-refractivity contribution in [1.82, 2.24) is 9.62 Å². The Morgan fingerprint density at radius 2 is 1.42 bits per heavy atom. The van der Waals surface area contributed by atoms with Crippen molar-refractivity contribution >= 4 is 45.4 Å². The summed E-state index contributed by atoms with van der Waals surface area (Å²) in [5, 5.41) is 23.7. The molecule has 0 saturated carbocycles. The number of benzene rings is 4. The van der Waals surface area contributed by atoms with Crippen LogP contribution in [-0.4, -0.2) is 90.5 Å². The molecule has 3 atom stereocenters. The first kappa shape index (κ1) is 44.2. The monoisotopic (exact) mass is 827 g/mol. The number of carbonyl (C=O) groups is 5. The number of carboxylic acids is 2. The molecule has 1 aliphatic heterocycles. The van der Waals surface area contributed by atoms with Crippen molar-refractivity contribution in [1.29, 1.82) is 0 Å². The Morgan fingerprint density at radius 1 is 0.814 bits per heavy atom. The molecule has 59 heavy (non-hydrogen) atoms. The van der Waals surface area contributed by atoms with Crippen molar-refractivity contribution in [3.63, 3.8) is 0 Å². The SMILES string of the molecule is NC(CCC(=O)OCC1c2ccccc2-c2ccccc21)C(=O)O.NCCCC(=O)Nc1ccc(C[C@H](NC(=O)[C@@H]2CCCN2S(=O)(=O)c2ccccc2)C(=O)O)cc1. The molecule has 0 radical (unpaired) electrons. The summed E-state index contributed by atoms with van der Waals surface area (Å²) in [7, 11) is -3.88. The molecule has 4 aromatic carbocycles. The molecule has 6 rings (SSSR count). The second kappa shape index (κ2) is 20.7. The summed E-state index contributed by atoms with van der Waals surface area (Å²) in [5.41, 5.74) is 16.6. The highest BCUT2D eigenvalue weighted by molar-refractivity contribution is 7.89. The van der Waals surface area contributed by atoms with Crippen molar-refractivity contribution in [2.45, 2.75) is 73.9 Å². The number of aliphatic carboxylic acids is 2. The molecule has 0 aromatic heterocycles. The van der Waals surface area contributed by atoms with Crippen LogP contribution >= 0.6 is 0 Å². The number of sulfonamides is 1. The van der Waals surface area contributed by atoms with E-state index in [0.717, 1.165) is 15.4 Å². The number of nitrogens with one attached hydrogen (secondary N) is 2. The lowest BCUT2D eigenvalue weighted by molar-refractivity contribution is -0.145. The third-order valence-corrected chi connectivity index (χ3v) is 12.0. The van der Waals surface area contributed by atoms with Gasteiger partial charge >= 0.3 is 17.9 Å². The van der Waals surface area contributed by atoms with Gasteiger partial charge in [-0.1, -0.05) is 78.9 Å². The molecule has 1 fully saturated rings. The Labute approximate surface area is 342 Å². The number of amides is 2. The quantitative estimate of drug-likeness (QED) is 0.0831. The molecule has 1 heterocycles. The number of hydrogen-bond acceptors (Lipinski definition) is 10. The molecule has 2 aliphatic rings. The van der Waals surface area contributed by atoms with Crippen molar-refractivity contribution in [2.75, 3.05) is 25.0 Å². The zero-order chi connectivity index (χ0) is 42.5. The molecule has 16 heteroatoms. The maximum Gasteiger partial charge on any atom is 0.326 e.